The van der Waals surface area contributed by atoms with Crippen molar-refractivity contribution in [2.24, 2.45) is 0 Å². The Morgan fingerprint density at radius 1 is 1.00 bits per heavy atom. The summed E-state index contributed by atoms with van der Waals surface area (Å²) in [5.41, 5.74) is 0.610. The third-order valence-corrected chi connectivity index (χ3v) is 3.93. The Bertz CT molecular complexity index is 972. The van der Waals surface area contributed by atoms with E-state index in [-0.39, 0.29) is 5.56 Å². The molecule has 2 aromatic carbocycles. The summed E-state index contributed by atoms with van der Waals surface area (Å²) in [7, 11) is 2.84. The van der Waals surface area contributed by atoms with Gasteiger partial charge in [-0.15, -0.1) is 0 Å². The molecule has 0 aliphatic heterocycles. The largest absolute Gasteiger partial charge is 0.497 e. The van der Waals surface area contributed by atoms with Crippen LogP contribution in [0.25, 0.3) is 11.0 Å². The molecule has 6 heteroatoms. The van der Waals surface area contributed by atoms with Crippen molar-refractivity contribution in [2.75, 3.05) is 20.8 Å². The van der Waals surface area contributed by atoms with Crippen LogP contribution < -0.4 is 15.1 Å². The van der Waals surface area contributed by atoms with E-state index < -0.39 is 11.6 Å². The molecule has 3 aromatic rings. The Kier molecular flexibility index (Phi) is 5.22. The number of methoxy groups -OCH3 is 2. The van der Waals surface area contributed by atoms with E-state index in [1.807, 2.05) is 24.3 Å². The fraction of sp³-hybridized carbons (Fsp3) is 0.200. The molecule has 0 fully saturated rings. The smallest absolute Gasteiger partial charge is 0.351 e. The average molecular weight is 354 g/mol. The third kappa shape index (κ3) is 3.85. The predicted octanol–water partition coefficient (Wildman–Crippen LogP) is 3.21. The molecular formula is C20H18O6. The van der Waals surface area contributed by atoms with Crippen molar-refractivity contribution in [1.82, 2.24) is 0 Å². The highest BCUT2D eigenvalue weighted by Gasteiger charge is 2.14. The lowest BCUT2D eigenvalue weighted by molar-refractivity contribution is 0.0596. The molecule has 1 heterocycles. The standard InChI is InChI=1S/C20H18O6/c1-23-15-6-3-13(4-7-15)9-10-25-16-8-5-14-11-17(19(21)24-2)20(22)26-18(14)12-16/h3-8,11-12H,9-10H2,1-2H3. The first-order valence-corrected chi connectivity index (χ1v) is 8.02. The molecule has 3 rings (SSSR count). The minimum Gasteiger partial charge on any atom is -0.497 e. The molecule has 1 aromatic heterocycles. The highest BCUT2D eigenvalue weighted by atomic mass is 16.5. The van der Waals surface area contributed by atoms with Crippen molar-refractivity contribution in [1.29, 1.82) is 0 Å². The van der Waals surface area contributed by atoms with E-state index >= 15 is 0 Å². The molecule has 0 N–H and O–H groups in total. The van der Waals surface area contributed by atoms with Gasteiger partial charge in [-0.25, -0.2) is 9.59 Å². The lowest BCUT2D eigenvalue weighted by Gasteiger charge is -2.08. The van der Waals surface area contributed by atoms with Crippen LogP contribution in [0.15, 0.2) is 57.7 Å². The molecule has 0 aliphatic rings. The van der Waals surface area contributed by atoms with Crippen LogP contribution in [0.3, 0.4) is 0 Å². The summed E-state index contributed by atoms with van der Waals surface area (Å²) >= 11 is 0. The van der Waals surface area contributed by atoms with E-state index in [1.165, 1.54) is 13.2 Å². The summed E-state index contributed by atoms with van der Waals surface area (Å²) in [5.74, 6) is 0.672. The molecule has 0 aliphatic carbocycles. The Labute approximate surface area is 149 Å². The van der Waals surface area contributed by atoms with Crippen LogP contribution in [0.1, 0.15) is 15.9 Å². The van der Waals surface area contributed by atoms with E-state index in [1.54, 1.807) is 25.3 Å². The fourth-order valence-corrected chi connectivity index (χ4v) is 2.51. The van der Waals surface area contributed by atoms with Gasteiger partial charge in [0.1, 0.15) is 22.6 Å². The lowest BCUT2D eigenvalue weighted by atomic mass is 10.1. The van der Waals surface area contributed by atoms with Gasteiger partial charge in [-0.2, -0.15) is 0 Å². The summed E-state index contributed by atoms with van der Waals surface area (Å²) < 4.78 is 20.6. The Balaban J connectivity index is 1.70. The zero-order valence-electron chi connectivity index (χ0n) is 14.5. The number of esters is 1. The number of carbonyl (C=O) groups excluding carboxylic acids is 1. The average Bonchev–Trinajstić information content (AvgIpc) is 2.67. The van der Waals surface area contributed by atoms with E-state index in [4.69, 9.17) is 13.9 Å². The van der Waals surface area contributed by atoms with E-state index in [0.29, 0.717) is 23.3 Å². The number of hydrogen-bond acceptors (Lipinski definition) is 6. The monoisotopic (exact) mass is 354 g/mol. The highest BCUT2D eigenvalue weighted by Crippen LogP contribution is 2.21. The van der Waals surface area contributed by atoms with E-state index in [2.05, 4.69) is 4.74 Å². The number of ether oxygens (including phenoxy) is 3. The number of carbonyl (C=O) groups is 1. The van der Waals surface area contributed by atoms with Gasteiger partial charge >= 0.3 is 11.6 Å². The molecule has 0 spiro atoms. The van der Waals surface area contributed by atoms with Crippen LogP contribution in [0.4, 0.5) is 0 Å². The van der Waals surface area contributed by atoms with Gasteiger partial charge in [0.25, 0.3) is 0 Å². The molecule has 0 saturated heterocycles. The van der Waals surface area contributed by atoms with Crippen molar-refractivity contribution in [2.45, 2.75) is 6.42 Å². The third-order valence-electron chi connectivity index (χ3n) is 3.93. The van der Waals surface area contributed by atoms with E-state index in [0.717, 1.165) is 17.7 Å². The molecule has 0 atom stereocenters. The zero-order chi connectivity index (χ0) is 18.5. The maximum absolute atomic E-state index is 11.9. The van der Waals surface area contributed by atoms with Crippen LogP contribution in [0.2, 0.25) is 0 Å². The number of rotatable bonds is 6. The minimum atomic E-state index is -0.736. The topological polar surface area (TPSA) is 75.0 Å². The molecule has 134 valence electrons. The Morgan fingerprint density at radius 2 is 1.73 bits per heavy atom. The molecule has 26 heavy (non-hydrogen) atoms. The second-order valence-electron chi connectivity index (χ2n) is 5.59. The first kappa shape index (κ1) is 17.5. The number of benzene rings is 2. The van der Waals surface area contributed by atoms with Crippen molar-refractivity contribution in [3.8, 4) is 11.5 Å². The minimum absolute atomic E-state index is 0.131. The highest BCUT2D eigenvalue weighted by molar-refractivity contribution is 5.92. The van der Waals surface area contributed by atoms with Crippen molar-refractivity contribution in [3.63, 3.8) is 0 Å². The van der Waals surface area contributed by atoms with Crippen LogP contribution in [-0.4, -0.2) is 26.8 Å². The first-order chi connectivity index (χ1) is 12.6. The zero-order valence-corrected chi connectivity index (χ0v) is 14.5. The summed E-state index contributed by atoms with van der Waals surface area (Å²) in [4.78, 5) is 23.4. The Hall–Kier alpha value is -3.28. The maximum atomic E-state index is 11.9. The molecule has 0 radical (unpaired) electrons. The van der Waals surface area contributed by atoms with Crippen molar-refractivity contribution in [3.05, 3.63) is 70.1 Å². The lowest BCUT2D eigenvalue weighted by Crippen LogP contribution is -2.14. The van der Waals surface area contributed by atoms with Gasteiger partial charge in [-0.05, 0) is 35.9 Å². The van der Waals surface area contributed by atoms with Crippen LogP contribution in [-0.2, 0) is 11.2 Å². The SMILES string of the molecule is COC(=O)c1cc2ccc(OCCc3ccc(OC)cc3)cc2oc1=O. The first-order valence-electron chi connectivity index (χ1n) is 8.02. The molecule has 0 unspecified atom stereocenters. The molecule has 0 bridgehead atoms. The molecule has 0 saturated carbocycles. The van der Waals surface area contributed by atoms with Gasteiger partial charge in [0, 0.05) is 17.9 Å². The molecule has 6 nitrogen and oxygen atoms in total. The van der Waals surface area contributed by atoms with Gasteiger partial charge in [0.2, 0.25) is 0 Å². The number of fused-ring (bicyclic) bond motifs is 1. The van der Waals surface area contributed by atoms with Gasteiger partial charge in [0.05, 0.1) is 20.8 Å². The predicted molar refractivity (Wildman–Crippen MR) is 96.0 cm³/mol. The second kappa shape index (κ2) is 7.74. The van der Waals surface area contributed by atoms with Crippen molar-refractivity contribution < 1.29 is 23.4 Å². The van der Waals surface area contributed by atoms with Gasteiger partial charge in [-0.3, -0.25) is 0 Å². The second-order valence-corrected chi connectivity index (χ2v) is 5.59. The van der Waals surface area contributed by atoms with Crippen LogP contribution in [0.5, 0.6) is 11.5 Å². The summed E-state index contributed by atoms with van der Waals surface area (Å²) in [6.07, 6.45) is 0.729. The summed E-state index contributed by atoms with van der Waals surface area (Å²) in [6, 6.07) is 14.3. The summed E-state index contributed by atoms with van der Waals surface area (Å²) in [6.45, 7) is 0.475. The quantitative estimate of drug-likeness (QED) is 0.500. The van der Waals surface area contributed by atoms with Gasteiger partial charge in [-0.1, -0.05) is 12.1 Å². The Morgan fingerprint density at radius 3 is 2.42 bits per heavy atom. The molecule has 0 amide bonds. The maximum Gasteiger partial charge on any atom is 0.351 e. The van der Waals surface area contributed by atoms with Crippen LogP contribution in [0, 0.1) is 0 Å². The van der Waals surface area contributed by atoms with Crippen molar-refractivity contribution >= 4 is 16.9 Å². The fourth-order valence-electron chi connectivity index (χ4n) is 2.51. The normalized spacial score (nSPS) is 10.5. The van der Waals surface area contributed by atoms with Gasteiger partial charge in [0.15, 0.2) is 0 Å². The summed E-state index contributed by atoms with van der Waals surface area (Å²) in [5, 5.41) is 0.618. The van der Waals surface area contributed by atoms with Crippen LogP contribution >= 0.6 is 0 Å². The van der Waals surface area contributed by atoms with E-state index in [9.17, 15) is 9.59 Å². The number of hydrogen-bond donors (Lipinski definition) is 0. The molecular weight excluding hydrogens is 336 g/mol. The van der Waals surface area contributed by atoms with Gasteiger partial charge < -0.3 is 18.6 Å².